The van der Waals surface area contributed by atoms with Gasteiger partial charge >= 0.3 is 18.1 Å². The fraction of sp³-hybridized carbons (Fsp3) is 0.135. The van der Waals surface area contributed by atoms with E-state index in [2.05, 4.69) is 27.0 Å². The normalized spacial score (nSPS) is 11.1. The first-order valence-corrected chi connectivity index (χ1v) is 15.0. The lowest BCUT2D eigenvalue weighted by Gasteiger charge is -2.13. The highest BCUT2D eigenvalue weighted by molar-refractivity contribution is 6.34. The van der Waals surface area contributed by atoms with Crippen LogP contribution in [0.25, 0.3) is 49.4 Å². The number of aromatic nitrogens is 4. The van der Waals surface area contributed by atoms with Crippen LogP contribution < -0.4 is 0 Å². The molecule has 12 heteroatoms. The molecule has 0 N–H and O–H groups in total. The Morgan fingerprint density at radius 3 is 1.65 bits per heavy atom. The van der Waals surface area contributed by atoms with E-state index in [4.69, 9.17) is 21.1 Å². The summed E-state index contributed by atoms with van der Waals surface area (Å²) in [5, 5.41) is 17.9. The van der Waals surface area contributed by atoms with Crippen molar-refractivity contribution < 1.29 is 32.2 Å². The second kappa shape index (κ2) is 14.2. The molecule has 8 nitrogen and oxygen atoms in total. The van der Waals surface area contributed by atoms with Crippen LogP contribution in [0.1, 0.15) is 37.5 Å². The van der Waals surface area contributed by atoms with E-state index < -0.39 is 17.7 Å². The first-order chi connectivity index (χ1) is 23.3. The third-order valence-electron chi connectivity index (χ3n) is 7.84. The summed E-state index contributed by atoms with van der Waals surface area (Å²) in [6, 6.07) is 21.4. The van der Waals surface area contributed by atoms with Crippen molar-refractivity contribution in [2.75, 3.05) is 14.2 Å². The fourth-order valence-electron chi connectivity index (χ4n) is 5.19. The molecule has 0 amide bonds. The molecule has 0 spiro atoms. The third kappa shape index (κ3) is 7.42. The monoisotopic (exact) mass is 684 g/mol. The van der Waals surface area contributed by atoms with Gasteiger partial charge in [-0.25, -0.2) is 9.59 Å². The van der Waals surface area contributed by atoms with E-state index in [0.29, 0.717) is 27.1 Å². The molecule has 0 radical (unpaired) electrons. The van der Waals surface area contributed by atoms with Crippen molar-refractivity contribution in [1.29, 1.82) is 0 Å². The van der Waals surface area contributed by atoms with Gasteiger partial charge in [-0.15, -0.1) is 10.2 Å². The minimum Gasteiger partial charge on any atom is -0.465 e. The van der Waals surface area contributed by atoms with Gasteiger partial charge in [0.05, 0.1) is 43.3 Å². The zero-order valence-corrected chi connectivity index (χ0v) is 27.5. The van der Waals surface area contributed by atoms with Gasteiger partial charge in [-0.1, -0.05) is 54.6 Å². The number of carbonyl (C=O) groups is 2. The molecule has 0 atom stereocenters. The number of nitrogens with zero attached hydrogens (tertiary/aromatic N) is 4. The summed E-state index contributed by atoms with van der Waals surface area (Å²) in [5.41, 5.74) is 5.01. The number of halogens is 4. The lowest BCUT2D eigenvalue weighted by Crippen LogP contribution is -2.11. The number of carbonyl (C=O) groups excluding carboxylic acids is 2. The van der Waals surface area contributed by atoms with Crippen LogP contribution in [0.5, 0.6) is 0 Å². The Morgan fingerprint density at radius 1 is 0.694 bits per heavy atom. The molecule has 2 heterocycles. The second-order valence-electron chi connectivity index (χ2n) is 11.0. The number of hydrogen-bond acceptors (Lipinski definition) is 8. The van der Waals surface area contributed by atoms with Crippen molar-refractivity contribution in [2.45, 2.75) is 20.0 Å². The maximum absolute atomic E-state index is 13.0. The predicted octanol–water partition coefficient (Wildman–Crippen LogP) is 9.01. The van der Waals surface area contributed by atoms with E-state index in [1.165, 1.54) is 20.4 Å². The lowest BCUT2D eigenvalue weighted by molar-refractivity contribution is -0.0688. The Kier molecular flexibility index (Phi) is 10.0. The van der Waals surface area contributed by atoms with E-state index in [9.17, 15) is 22.8 Å². The molecule has 49 heavy (non-hydrogen) atoms. The summed E-state index contributed by atoms with van der Waals surface area (Å²) in [4.78, 5) is 23.5. The van der Waals surface area contributed by atoms with Gasteiger partial charge in [0.15, 0.2) is 5.15 Å². The van der Waals surface area contributed by atoms with Crippen LogP contribution >= 0.6 is 11.6 Å². The topological polar surface area (TPSA) is 104 Å². The molecule has 0 fully saturated rings. The molecule has 4 aromatic carbocycles. The molecule has 6 rings (SSSR count). The molecule has 0 aliphatic rings. The first-order valence-electron chi connectivity index (χ1n) is 14.6. The molecule has 248 valence electrons. The average molecular weight is 685 g/mol. The summed E-state index contributed by atoms with van der Waals surface area (Å²) >= 11 is 6.04. The van der Waals surface area contributed by atoms with Gasteiger partial charge in [-0.2, -0.15) is 23.4 Å². The highest BCUT2D eigenvalue weighted by Gasteiger charge is 2.35. The number of rotatable bonds is 5. The first kappa shape index (κ1) is 34.6. The van der Waals surface area contributed by atoms with Gasteiger partial charge in [0, 0.05) is 21.5 Å². The van der Waals surface area contributed by atoms with Gasteiger partial charge in [-0.05, 0) is 83.6 Å². The Balaban J connectivity index is 0.000000195. The summed E-state index contributed by atoms with van der Waals surface area (Å²) in [6.45, 7) is 6.98. The zero-order valence-electron chi connectivity index (χ0n) is 26.7. The van der Waals surface area contributed by atoms with Crippen LogP contribution in [0.15, 0.2) is 91.8 Å². The second-order valence-corrected chi connectivity index (χ2v) is 11.3. The molecule has 0 saturated carbocycles. The predicted molar refractivity (Wildman–Crippen MR) is 182 cm³/mol. The Morgan fingerprint density at radius 2 is 1.16 bits per heavy atom. The zero-order chi connectivity index (χ0) is 35.5. The SMILES string of the molecule is C=C(c1nncc2cc(-c3cc(C(=O)OC)ccc3C)ccc12)C(F)(F)F.COC(=O)c1ccc(C)c(-c2ccc3c(Cl)nncc3c2)c1. The minimum atomic E-state index is -4.59. The molecule has 2 aromatic heterocycles. The van der Waals surface area contributed by atoms with Crippen LogP contribution in [0.4, 0.5) is 13.2 Å². The third-order valence-corrected chi connectivity index (χ3v) is 8.12. The summed E-state index contributed by atoms with van der Waals surface area (Å²) in [6.07, 6.45) is -1.53. The van der Waals surface area contributed by atoms with Crippen LogP contribution in [0, 0.1) is 13.8 Å². The standard InChI is InChI=1S/C20H15F3N2O2.C17H13ClN2O2/c1-11-4-5-14(19(26)27-3)9-17(11)13-6-7-16-15(8-13)10-24-25-18(16)12(2)20(21,22)23;1-10-3-4-12(17(21)22-2)8-15(10)11-5-6-14-13(7-11)9-19-20-16(14)18/h4-10H,2H2,1,3H3;3-9H,1-2H3. The van der Waals surface area contributed by atoms with Gasteiger partial charge in [-0.3, -0.25) is 0 Å². The number of esters is 2. The minimum absolute atomic E-state index is 0.299. The number of allylic oxidation sites excluding steroid dienone is 1. The van der Waals surface area contributed by atoms with Crippen molar-refractivity contribution in [2.24, 2.45) is 0 Å². The summed E-state index contributed by atoms with van der Waals surface area (Å²) in [5.74, 6) is -0.817. The average Bonchev–Trinajstić information content (AvgIpc) is 3.10. The van der Waals surface area contributed by atoms with E-state index in [1.54, 1.807) is 48.7 Å². The van der Waals surface area contributed by atoms with E-state index in [1.807, 2.05) is 44.2 Å². The summed E-state index contributed by atoms with van der Waals surface area (Å²) in [7, 11) is 2.67. The highest BCUT2D eigenvalue weighted by atomic mass is 35.5. The summed E-state index contributed by atoms with van der Waals surface area (Å²) < 4.78 is 48.5. The number of fused-ring (bicyclic) bond motifs is 2. The van der Waals surface area contributed by atoms with E-state index >= 15 is 0 Å². The number of alkyl halides is 3. The molecule has 0 bridgehead atoms. The molecule has 0 aliphatic heterocycles. The van der Waals surface area contributed by atoms with Crippen molar-refractivity contribution in [3.8, 4) is 22.3 Å². The highest BCUT2D eigenvalue weighted by Crippen LogP contribution is 2.36. The lowest BCUT2D eigenvalue weighted by atomic mass is 9.95. The number of ether oxygens (including phenoxy) is 2. The maximum Gasteiger partial charge on any atom is 0.418 e. The van der Waals surface area contributed by atoms with E-state index in [0.717, 1.165) is 44.2 Å². The van der Waals surface area contributed by atoms with Crippen molar-refractivity contribution in [1.82, 2.24) is 20.4 Å². The van der Waals surface area contributed by atoms with Crippen LogP contribution in [0.3, 0.4) is 0 Å². The van der Waals surface area contributed by atoms with Gasteiger partial charge < -0.3 is 9.47 Å². The van der Waals surface area contributed by atoms with Gasteiger partial charge in [0.25, 0.3) is 0 Å². The number of benzene rings is 4. The van der Waals surface area contributed by atoms with Gasteiger partial charge in [0.1, 0.15) is 5.69 Å². The molecule has 6 aromatic rings. The largest absolute Gasteiger partial charge is 0.465 e. The molecular weight excluding hydrogens is 657 g/mol. The Bertz CT molecular complexity index is 2260. The Hall–Kier alpha value is -5.68. The van der Waals surface area contributed by atoms with E-state index in [-0.39, 0.29) is 11.7 Å². The van der Waals surface area contributed by atoms with Crippen LogP contribution in [-0.4, -0.2) is 52.7 Å². The quantitative estimate of drug-likeness (QED) is 0.166. The fourth-order valence-corrected chi connectivity index (χ4v) is 5.40. The maximum atomic E-state index is 13.0. The van der Waals surface area contributed by atoms with Crippen LogP contribution in [0.2, 0.25) is 5.15 Å². The van der Waals surface area contributed by atoms with Gasteiger partial charge in [0.2, 0.25) is 0 Å². The molecule has 0 unspecified atom stereocenters. The molecular formula is C37H28ClF3N4O4. The number of aryl methyl sites for hydroxylation is 2. The molecule has 0 saturated heterocycles. The smallest absolute Gasteiger partial charge is 0.418 e. The van der Waals surface area contributed by atoms with Crippen molar-refractivity contribution >= 4 is 50.7 Å². The molecule has 0 aliphatic carbocycles. The van der Waals surface area contributed by atoms with Crippen LogP contribution in [-0.2, 0) is 9.47 Å². The van der Waals surface area contributed by atoms with Crippen molar-refractivity contribution in [3.63, 3.8) is 0 Å². The Labute approximate surface area is 284 Å². The number of methoxy groups -OCH3 is 2. The van der Waals surface area contributed by atoms with Crippen molar-refractivity contribution in [3.05, 3.63) is 125 Å². The number of hydrogen-bond donors (Lipinski definition) is 0.